The molecule has 104 valence electrons. The van der Waals surface area contributed by atoms with Crippen LogP contribution in [0.5, 0.6) is 0 Å². The third kappa shape index (κ3) is 2.87. The summed E-state index contributed by atoms with van der Waals surface area (Å²) in [4.78, 5) is 14.6. The van der Waals surface area contributed by atoms with Crippen LogP contribution in [0.15, 0.2) is 0 Å². The molecule has 0 aromatic carbocycles. The molecular weight excluding hydrogens is 224 g/mol. The van der Waals surface area contributed by atoms with E-state index in [0.717, 1.165) is 63.5 Å². The van der Waals surface area contributed by atoms with Crippen molar-refractivity contribution in [1.82, 2.24) is 4.90 Å². The molecule has 3 nitrogen and oxygen atoms in total. The Balaban J connectivity index is 1.90. The second-order valence-electron chi connectivity index (χ2n) is 6.59. The smallest absolute Gasteiger partial charge is 0.242 e. The highest BCUT2D eigenvalue weighted by Crippen LogP contribution is 2.30. The van der Waals surface area contributed by atoms with Crippen LogP contribution >= 0.6 is 0 Å². The second-order valence-corrected chi connectivity index (χ2v) is 6.59. The van der Waals surface area contributed by atoms with Gasteiger partial charge in [-0.2, -0.15) is 0 Å². The normalized spacial score (nSPS) is 25.4. The van der Waals surface area contributed by atoms with Crippen LogP contribution in [0.4, 0.5) is 0 Å². The van der Waals surface area contributed by atoms with Crippen LogP contribution in [0.3, 0.4) is 0 Å². The molecule has 1 aliphatic heterocycles. The van der Waals surface area contributed by atoms with E-state index in [-0.39, 0.29) is 5.91 Å². The minimum atomic E-state index is -0.539. The van der Waals surface area contributed by atoms with E-state index in [2.05, 4.69) is 13.8 Å². The standard InChI is InChI=1S/C15H28N2O/c1-12(2)13-6-10-17(11-7-13)14(18)15(16)8-4-3-5-9-15/h12-13H,3-11,16H2,1-2H3. The van der Waals surface area contributed by atoms with E-state index in [4.69, 9.17) is 5.73 Å². The van der Waals surface area contributed by atoms with Crippen molar-refractivity contribution in [3.8, 4) is 0 Å². The highest BCUT2D eigenvalue weighted by atomic mass is 16.2. The fourth-order valence-corrected chi connectivity index (χ4v) is 3.48. The summed E-state index contributed by atoms with van der Waals surface area (Å²) in [6.45, 7) is 6.41. The fraction of sp³-hybridized carbons (Fsp3) is 0.933. The second kappa shape index (κ2) is 5.60. The molecule has 2 N–H and O–H groups in total. The molecule has 2 rings (SSSR count). The van der Waals surface area contributed by atoms with Crippen LogP contribution in [0.25, 0.3) is 0 Å². The van der Waals surface area contributed by atoms with Gasteiger partial charge in [-0.15, -0.1) is 0 Å². The number of piperidine rings is 1. The molecule has 1 aliphatic carbocycles. The summed E-state index contributed by atoms with van der Waals surface area (Å²) in [6.07, 6.45) is 7.54. The lowest BCUT2D eigenvalue weighted by atomic mass is 9.80. The summed E-state index contributed by atoms with van der Waals surface area (Å²) in [7, 11) is 0. The van der Waals surface area contributed by atoms with E-state index in [1.54, 1.807) is 0 Å². The summed E-state index contributed by atoms with van der Waals surface area (Å²) in [5.41, 5.74) is 5.80. The Morgan fingerprint density at radius 1 is 1.17 bits per heavy atom. The molecule has 0 aromatic heterocycles. The summed E-state index contributed by atoms with van der Waals surface area (Å²) in [6, 6.07) is 0. The summed E-state index contributed by atoms with van der Waals surface area (Å²) < 4.78 is 0. The number of carbonyl (C=O) groups is 1. The van der Waals surface area contributed by atoms with E-state index in [9.17, 15) is 4.79 Å². The van der Waals surface area contributed by atoms with Crippen LogP contribution in [0.2, 0.25) is 0 Å². The third-order valence-corrected chi connectivity index (χ3v) is 4.94. The van der Waals surface area contributed by atoms with Gasteiger partial charge in [0.25, 0.3) is 0 Å². The Morgan fingerprint density at radius 2 is 1.72 bits per heavy atom. The van der Waals surface area contributed by atoms with Gasteiger partial charge in [0.05, 0.1) is 5.54 Å². The van der Waals surface area contributed by atoms with Crippen LogP contribution in [0, 0.1) is 11.8 Å². The van der Waals surface area contributed by atoms with E-state index in [1.165, 1.54) is 6.42 Å². The van der Waals surface area contributed by atoms with Gasteiger partial charge >= 0.3 is 0 Å². The molecule has 0 aromatic rings. The summed E-state index contributed by atoms with van der Waals surface area (Å²) in [5, 5.41) is 0. The Labute approximate surface area is 111 Å². The van der Waals surface area contributed by atoms with Crippen molar-refractivity contribution >= 4 is 5.91 Å². The Hall–Kier alpha value is -0.570. The molecule has 1 amide bonds. The largest absolute Gasteiger partial charge is 0.341 e. The monoisotopic (exact) mass is 252 g/mol. The van der Waals surface area contributed by atoms with Crippen molar-refractivity contribution < 1.29 is 4.79 Å². The maximum Gasteiger partial charge on any atom is 0.242 e. The average molecular weight is 252 g/mol. The highest BCUT2D eigenvalue weighted by Gasteiger charge is 2.39. The first kappa shape index (κ1) is 13.9. The Bertz CT molecular complexity index is 287. The zero-order valence-electron chi connectivity index (χ0n) is 12.0. The maximum atomic E-state index is 12.6. The molecule has 0 spiro atoms. The number of amides is 1. The lowest BCUT2D eigenvalue weighted by Gasteiger charge is -2.40. The summed E-state index contributed by atoms with van der Waals surface area (Å²) in [5.74, 6) is 1.75. The topological polar surface area (TPSA) is 46.3 Å². The average Bonchev–Trinajstić information content (AvgIpc) is 2.39. The Kier molecular flexibility index (Phi) is 4.31. The first-order chi connectivity index (χ1) is 8.53. The molecule has 1 saturated heterocycles. The van der Waals surface area contributed by atoms with Gasteiger partial charge in [0.15, 0.2) is 0 Å². The molecule has 0 bridgehead atoms. The molecule has 1 heterocycles. The van der Waals surface area contributed by atoms with Crippen LogP contribution < -0.4 is 5.73 Å². The van der Waals surface area contributed by atoms with E-state index in [1.807, 2.05) is 4.90 Å². The molecule has 1 saturated carbocycles. The van der Waals surface area contributed by atoms with Crippen LogP contribution in [-0.4, -0.2) is 29.4 Å². The number of hydrogen-bond donors (Lipinski definition) is 1. The molecule has 2 fully saturated rings. The maximum absolute atomic E-state index is 12.6. The zero-order chi connectivity index (χ0) is 13.2. The van der Waals surface area contributed by atoms with Crippen LogP contribution in [0.1, 0.15) is 58.8 Å². The van der Waals surface area contributed by atoms with E-state index < -0.39 is 5.54 Å². The quantitative estimate of drug-likeness (QED) is 0.821. The molecule has 3 heteroatoms. The molecule has 0 unspecified atom stereocenters. The lowest BCUT2D eigenvalue weighted by molar-refractivity contribution is -0.139. The van der Waals surface area contributed by atoms with Crippen molar-refractivity contribution in [1.29, 1.82) is 0 Å². The molecule has 0 radical (unpaired) electrons. The first-order valence-corrected chi connectivity index (χ1v) is 7.61. The predicted octanol–water partition coefficient (Wildman–Crippen LogP) is 2.54. The predicted molar refractivity (Wildman–Crippen MR) is 74.1 cm³/mol. The SMILES string of the molecule is CC(C)C1CCN(C(=O)C2(N)CCCCC2)CC1. The van der Waals surface area contributed by atoms with Gasteiger partial charge in [-0.1, -0.05) is 33.1 Å². The molecule has 0 atom stereocenters. The number of likely N-dealkylation sites (tertiary alicyclic amines) is 1. The number of nitrogens with zero attached hydrogens (tertiary/aromatic N) is 1. The zero-order valence-corrected chi connectivity index (χ0v) is 12.0. The number of nitrogens with two attached hydrogens (primary N) is 1. The highest BCUT2D eigenvalue weighted by molar-refractivity contribution is 5.86. The van der Waals surface area contributed by atoms with E-state index >= 15 is 0 Å². The first-order valence-electron chi connectivity index (χ1n) is 7.61. The molecule has 18 heavy (non-hydrogen) atoms. The molecular formula is C15H28N2O. The number of carbonyl (C=O) groups excluding carboxylic acids is 1. The van der Waals surface area contributed by atoms with Crippen molar-refractivity contribution in [3.05, 3.63) is 0 Å². The van der Waals surface area contributed by atoms with Crippen molar-refractivity contribution in [2.75, 3.05) is 13.1 Å². The number of rotatable bonds is 2. The minimum absolute atomic E-state index is 0.226. The third-order valence-electron chi connectivity index (χ3n) is 4.94. The van der Waals surface area contributed by atoms with Gasteiger partial charge in [-0.3, -0.25) is 4.79 Å². The van der Waals surface area contributed by atoms with Crippen molar-refractivity contribution in [2.45, 2.75) is 64.3 Å². The van der Waals surface area contributed by atoms with Gasteiger partial charge in [-0.25, -0.2) is 0 Å². The van der Waals surface area contributed by atoms with Gasteiger partial charge < -0.3 is 10.6 Å². The van der Waals surface area contributed by atoms with Gasteiger partial charge in [0, 0.05) is 13.1 Å². The van der Waals surface area contributed by atoms with Crippen molar-refractivity contribution in [2.24, 2.45) is 17.6 Å². The number of hydrogen-bond acceptors (Lipinski definition) is 2. The molecule has 2 aliphatic rings. The van der Waals surface area contributed by atoms with Gasteiger partial charge in [0.2, 0.25) is 5.91 Å². The van der Waals surface area contributed by atoms with E-state index in [0.29, 0.717) is 0 Å². The Morgan fingerprint density at radius 3 is 2.22 bits per heavy atom. The lowest BCUT2D eigenvalue weighted by Crippen LogP contribution is -2.57. The van der Waals surface area contributed by atoms with Gasteiger partial charge in [0.1, 0.15) is 0 Å². The van der Waals surface area contributed by atoms with Crippen molar-refractivity contribution in [3.63, 3.8) is 0 Å². The van der Waals surface area contributed by atoms with Crippen LogP contribution in [-0.2, 0) is 4.79 Å². The fourth-order valence-electron chi connectivity index (χ4n) is 3.48. The van der Waals surface area contributed by atoms with Gasteiger partial charge in [-0.05, 0) is 37.5 Å². The summed E-state index contributed by atoms with van der Waals surface area (Å²) >= 11 is 0. The minimum Gasteiger partial charge on any atom is -0.341 e.